The van der Waals surface area contributed by atoms with Gasteiger partial charge in [-0.15, -0.1) is 11.3 Å². The number of thioether (sulfide) groups is 1. The van der Waals surface area contributed by atoms with Crippen molar-refractivity contribution in [2.45, 2.75) is 36.8 Å². The summed E-state index contributed by atoms with van der Waals surface area (Å²) in [5, 5.41) is 11.8. The van der Waals surface area contributed by atoms with E-state index in [1.165, 1.54) is 11.8 Å². The van der Waals surface area contributed by atoms with Gasteiger partial charge in [-0.25, -0.2) is 4.98 Å². The van der Waals surface area contributed by atoms with E-state index < -0.39 is 0 Å². The first-order valence-electron chi connectivity index (χ1n) is 7.32. The maximum atomic E-state index is 12.2. The molecule has 4 nitrogen and oxygen atoms in total. The number of para-hydroxylation sites is 1. The molecule has 0 fully saturated rings. The third-order valence-corrected chi connectivity index (χ3v) is 5.68. The molecule has 6 heteroatoms. The number of thiazole rings is 1. The van der Waals surface area contributed by atoms with Crippen LogP contribution in [0.4, 0.5) is 0 Å². The van der Waals surface area contributed by atoms with Gasteiger partial charge in [0.25, 0.3) is 0 Å². The lowest BCUT2D eigenvalue weighted by molar-refractivity contribution is -0.120. The van der Waals surface area contributed by atoms with Crippen molar-refractivity contribution in [1.29, 1.82) is 0 Å². The minimum absolute atomic E-state index is 0.00951. The zero-order valence-electron chi connectivity index (χ0n) is 13.1. The lowest BCUT2D eigenvalue weighted by atomic mass is 9.90. The third-order valence-electron chi connectivity index (χ3n) is 3.45. The Morgan fingerprint density at radius 2 is 2.18 bits per heavy atom. The van der Waals surface area contributed by atoms with Crippen LogP contribution in [0.25, 0.3) is 10.2 Å². The number of rotatable bonds is 7. The standard InChI is InChI=1S/C16H22N2O2S2/c1-11(14(20)17-10-16(2,3)8-9-19)21-15-18-12-6-4-5-7-13(12)22-15/h4-7,11,19H,8-10H2,1-3H3,(H,17,20). The number of hydrogen-bond donors (Lipinski definition) is 2. The first kappa shape index (κ1) is 17.2. The zero-order chi connectivity index (χ0) is 16.2. The molecule has 1 atom stereocenters. The summed E-state index contributed by atoms with van der Waals surface area (Å²) in [4.78, 5) is 16.7. The van der Waals surface area contributed by atoms with Crippen molar-refractivity contribution >= 4 is 39.2 Å². The van der Waals surface area contributed by atoms with Gasteiger partial charge < -0.3 is 10.4 Å². The van der Waals surface area contributed by atoms with E-state index in [1.54, 1.807) is 11.3 Å². The highest BCUT2D eigenvalue weighted by molar-refractivity contribution is 8.02. The highest BCUT2D eigenvalue weighted by Gasteiger charge is 2.21. The van der Waals surface area contributed by atoms with Crippen LogP contribution in [-0.2, 0) is 4.79 Å². The molecule has 1 aromatic carbocycles. The van der Waals surface area contributed by atoms with Gasteiger partial charge in [-0.2, -0.15) is 0 Å². The molecular formula is C16H22N2O2S2. The number of nitrogens with one attached hydrogen (secondary N) is 1. The van der Waals surface area contributed by atoms with E-state index in [0.717, 1.165) is 14.6 Å². The highest BCUT2D eigenvalue weighted by atomic mass is 32.2. The molecule has 2 rings (SSSR count). The van der Waals surface area contributed by atoms with Crippen LogP contribution in [0.5, 0.6) is 0 Å². The monoisotopic (exact) mass is 338 g/mol. The number of carbonyl (C=O) groups is 1. The number of hydrogen-bond acceptors (Lipinski definition) is 5. The summed E-state index contributed by atoms with van der Waals surface area (Å²) in [5.74, 6) is 0.00951. The number of aromatic nitrogens is 1. The van der Waals surface area contributed by atoms with Gasteiger partial charge in [-0.3, -0.25) is 4.79 Å². The van der Waals surface area contributed by atoms with Gasteiger partial charge in [0.1, 0.15) is 0 Å². The van der Waals surface area contributed by atoms with Gasteiger partial charge >= 0.3 is 0 Å². The Bertz CT molecular complexity index is 607. The summed E-state index contributed by atoms with van der Waals surface area (Å²) in [6.45, 7) is 6.67. The summed E-state index contributed by atoms with van der Waals surface area (Å²) in [7, 11) is 0. The molecule has 0 saturated heterocycles. The summed E-state index contributed by atoms with van der Waals surface area (Å²) in [6.07, 6.45) is 0.673. The van der Waals surface area contributed by atoms with Crippen LogP contribution in [-0.4, -0.2) is 34.4 Å². The van der Waals surface area contributed by atoms with E-state index in [0.29, 0.717) is 13.0 Å². The smallest absolute Gasteiger partial charge is 0.233 e. The Labute approximate surface area is 139 Å². The number of nitrogens with zero attached hydrogens (tertiary/aromatic N) is 1. The van der Waals surface area contributed by atoms with Gasteiger partial charge in [0.15, 0.2) is 4.34 Å². The molecule has 2 N–H and O–H groups in total. The van der Waals surface area contributed by atoms with Crippen LogP contribution in [0, 0.1) is 5.41 Å². The average Bonchev–Trinajstić information content (AvgIpc) is 2.86. The number of fused-ring (bicyclic) bond motifs is 1. The van der Waals surface area contributed by atoms with Gasteiger partial charge in [-0.05, 0) is 30.9 Å². The summed E-state index contributed by atoms with van der Waals surface area (Å²) >= 11 is 3.10. The Hall–Kier alpha value is -1.11. The Morgan fingerprint density at radius 3 is 2.86 bits per heavy atom. The van der Waals surface area contributed by atoms with Crippen LogP contribution in [0.1, 0.15) is 27.2 Å². The highest BCUT2D eigenvalue weighted by Crippen LogP contribution is 2.32. The molecule has 1 heterocycles. The summed E-state index contributed by atoms with van der Waals surface area (Å²) in [5.41, 5.74) is 0.886. The quantitative estimate of drug-likeness (QED) is 0.761. The maximum absolute atomic E-state index is 12.2. The predicted octanol–water partition coefficient (Wildman–Crippen LogP) is 3.30. The lowest BCUT2D eigenvalue weighted by Gasteiger charge is -2.24. The lowest BCUT2D eigenvalue weighted by Crippen LogP contribution is -2.38. The van der Waals surface area contributed by atoms with E-state index in [2.05, 4.69) is 10.3 Å². The molecule has 0 aliphatic carbocycles. The normalized spacial score (nSPS) is 13.3. The van der Waals surface area contributed by atoms with Crippen molar-refractivity contribution in [3.63, 3.8) is 0 Å². The molecule has 1 amide bonds. The number of amides is 1. The van der Waals surface area contributed by atoms with E-state index in [4.69, 9.17) is 5.11 Å². The molecule has 1 aromatic heterocycles. The summed E-state index contributed by atoms with van der Waals surface area (Å²) < 4.78 is 2.06. The molecular weight excluding hydrogens is 316 g/mol. The second-order valence-electron chi connectivity index (χ2n) is 6.06. The van der Waals surface area contributed by atoms with Crippen molar-refractivity contribution < 1.29 is 9.90 Å². The van der Waals surface area contributed by atoms with Crippen LogP contribution >= 0.6 is 23.1 Å². The second-order valence-corrected chi connectivity index (χ2v) is 8.68. The van der Waals surface area contributed by atoms with Crippen LogP contribution in [0.2, 0.25) is 0 Å². The van der Waals surface area contributed by atoms with Gasteiger partial charge in [0.2, 0.25) is 5.91 Å². The number of benzene rings is 1. The Kier molecular flexibility index (Phi) is 5.83. The molecule has 0 radical (unpaired) electrons. The molecule has 0 aliphatic heterocycles. The van der Waals surface area contributed by atoms with Crippen molar-refractivity contribution in [3.05, 3.63) is 24.3 Å². The fourth-order valence-electron chi connectivity index (χ4n) is 1.97. The average molecular weight is 338 g/mol. The first-order valence-corrected chi connectivity index (χ1v) is 9.02. The number of aliphatic hydroxyl groups is 1. The molecule has 2 aromatic rings. The molecule has 1 unspecified atom stereocenters. The topological polar surface area (TPSA) is 62.2 Å². The van der Waals surface area contributed by atoms with E-state index in [-0.39, 0.29) is 23.2 Å². The Balaban J connectivity index is 1.91. The molecule has 22 heavy (non-hydrogen) atoms. The van der Waals surface area contributed by atoms with Crippen molar-refractivity contribution in [1.82, 2.24) is 10.3 Å². The molecule has 0 saturated carbocycles. The molecule has 0 aliphatic rings. The summed E-state index contributed by atoms with van der Waals surface area (Å²) in [6, 6.07) is 7.99. The van der Waals surface area contributed by atoms with Crippen molar-refractivity contribution in [2.75, 3.05) is 13.2 Å². The molecule has 0 bridgehead atoms. The van der Waals surface area contributed by atoms with Gasteiger partial charge in [0, 0.05) is 13.2 Å². The zero-order valence-corrected chi connectivity index (χ0v) is 14.8. The minimum Gasteiger partial charge on any atom is -0.396 e. The largest absolute Gasteiger partial charge is 0.396 e. The Morgan fingerprint density at radius 1 is 1.45 bits per heavy atom. The van der Waals surface area contributed by atoms with E-state index in [9.17, 15) is 4.79 Å². The fourth-order valence-corrected chi connectivity index (χ4v) is 4.20. The van der Waals surface area contributed by atoms with Gasteiger partial charge in [-0.1, -0.05) is 37.7 Å². The SMILES string of the molecule is CC(Sc1nc2ccccc2s1)C(=O)NCC(C)(C)CCO. The predicted molar refractivity (Wildman–Crippen MR) is 93.4 cm³/mol. The number of carbonyl (C=O) groups excluding carboxylic acids is 1. The minimum atomic E-state index is -0.189. The number of aliphatic hydroxyl groups excluding tert-OH is 1. The fraction of sp³-hybridized carbons (Fsp3) is 0.500. The van der Waals surface area contributed by atoms with Crippen LogP contribution in [0.15, 0.2) is 28.6 Å². The van der Waals surface area contributed by atoms with Crippen molar-refractivity contribution in [3.8, 4) is 0 Å². The maximum Gasteiger partial charge on any atom is 0.233 e. The second kappa shape index (κ2) is 7.44. The molecule has 120 valence electrons. The molecule has 0 spiro atoms. The van der Waals surface area contributed by atoms with Crippen molar-refractivity contribution in [2.24, 2.45) is 5.41 Å². The van der Waals surface area contributed by atoms with Crippen LogP contribution in [0.3, 0.4) is 0 Å². The van der Waals surface area contributed by atoms with E-state index in [1.807, 2.05) is 45.0 Å². The van der Waals surface area contributed by atoms with Gasteiger partial charge in [0.05, 0.1) is 15.5 Å². The van der Waals surface area contributed by atoms with E-state index >= 15 is 0 Å². The first-order chi connectivity index (χ1) is 10.4. The van der Waals surface area contributed by atoms with Crippen LogP contribution < -0.4 is 5.32 Å². The third kappa shape index (κ3) is 4.69.